The number of para-hydroxylation sites is 2. The number of aromatic nitrogens is 2. The van der Waals surface area contributed by atoms with E-state index < -0.39 is 0 Å². The van der Waals surface area contributed by atoms with E-state index in [0.717, 1.165) is 69.5 Å². The van der Waals surface area contributed by atoms with Crippen LogP contribution in [0.25, 0.3) is 11.0 Å². The summed E-state index contributed by atoms with van der Waals surface area (Å²) in [6.07, 6.45) is 2.09. The summed E-state index contributed by atoms with van der Waals surface area (Å²) in [5.41, 5.74) is 2.27. The Morgan fingerprint density at radius 3 is 2.67 bits per heavy atom. The summed E-state index contributed by atoms with van der Waals surface area (Å²) in [6.45, 7) is 7.57. The number of aryl methyl sites for hydroxylation is 2. The highest BCUT2D eigenvalue weighted by Gasteiger charge is 2.06. The van der Waals surface area contributed by atoms with Crippen LogP contribution < -0.4 is 10.6 Å². The zero-order chi connectivity index (χ0) is 19.5. The van der Waals surface area contributed by atoms with E-state index in [4.69, 9.17) is 4.74 Å². The van der Waals surface area contributed by atoms with Gasteiger partial charge in [-0.05, 0) is 45.5 Å². The Kier molecular flexibility index (Phi) is 9.07. The number of rotatable bonds is 11. The molecule has 0 unspecified atom stereocenters. The topological polar surface area (TPSA) is 66.7 Å². The molecule has 1 heterocycles. The predicted molar refractivity (Wildman–Crippen MR) is 112 cm³/mol. The van der Waals surface area contributed by atoms with Gasteiger partial charge in [-0.15, -0.1) is 0 Å². The molecule has 0 amide bonds. The fourth-order valence-electron chi connectivity index (χ4n) is 3.06. The third-order valence-corrected chi connectivity index (χ3v) is 4.61. The fourth-order valence-corrected chi connectivity index (χ4v) is 3.06. The molecule has 0 aliphatic rings. The molecule has 7 nitrogen and oxygen atoms in total. The lowest BCUT2D eigenvalue weighted by Gasteiger charge is -2.17. The molecule has 0 fully saturated rings. The van der Waals surface area contributed by atoms with E-state index in [1.165, 1.54) is 5.52 Å². The van der Waals surface area contributed by atoms with Crippen molar-refractivity contribution in [1.29, 1.82) is 0 Å². The number of fused-ring (bicyclic) bond motifs is 1. The molecule has 0 spiro atoms. The lowest BCUT2D eigenvalue weighted by atomic mass is 10.3. The van der Waals surface area contributed by atoms with Gasteiger partial charge in [0.2, 0.25) is 0 Å². The number of ether oxygens (including phenoxy) is 1. The number of aliphatic imine (C=N–C) groups is 1. The maximum absolute atomic E-state index is 5.10. The van der Waals surface area contributed by atoms with Gasteiger partial charge in [-0.2, -0.15) is 0 Å². The largest absolute Gasteiger partial charge is 0.383 e. The Hall–Kier alpha value is -2.12. The van der Waals surface area contributed by atoms with Crippen LogP contribution in [0.15, 0.2) is 29.3 Å². The monoisotopic (exact) mass is 374 g/mol. The molecule has 1 aromatic heterocycles. The zero-order valence-electron chi connectivity index (χ0n) is 17.2. The highest BCUT2D eigenvalue weighted by Crippen LogP contribution is 2.15. The predicted octanol–water partition coefficient (Wildman–Crippen LogP) is 1.87. The van der Waals surface area contributed by atoms with Gasteiger partial charge in [-0.1, -0.05) is 12.1 Å². The molecule has 0 radical (unpaired) electrons. The van der Waals surface area contributed by atoms with Crippen molar-refractivity contribution in [2.75, 3.05) is 54.0 Å². The minimum atomic E-state index is 0.777. The summed E-state index contributed by atoms with van der Waals surface area (Å²) in [4.78, 5) is 11.2. The first-order valence-corrected chi connectivity index (χ1v) is 9.69. The van der Waals surface area contributed by atoms with E-state index in [-0.39, 0.29) is 0 Å². The average molecular weight is 375 g/mol. The van der Waals surface area contributed by atoms with Gasteiger partial charge in [-0.3, -0.25) is 4.99 Å². The van der Waals surface area contributed by atoms with Crippen molar-refractivity contribution < 1.29 is 4.74 Å². The lowest BCUT2D eigenvalue weighted by molar-refractivity contribution is 0.161. The van der Waals surface area contributed by atoms with Crippen LogP contribution >= 0.6 is 0 Å². The molecule has 2 aromatic rings. The summed E-state index contributed by atoms with van der Waals surface area (Å²) in [6, 6.07) is 8.30. The van der Waals surface area contributed by atoms with E-state index in [1.54, 1.807) is 7.11 Å². The molecular weight excluding hydrogens is 340 g/mol. The van der Waals surface area contributed by atoms with Crippen molar-refractivity contribution in [3.63, 3.8) is 0 Å². The van der Waals surface area contributed by atoms with Gasteiger partial charge >= 0.3 is 0 Å². The minimum absolute atomic E-state index is 0.777. The van der Waals surface area contributed by atoms with Crippen molar-refractivity contribution in [2.24, 2.45) is 4.99 Å². The Bertz CT molecular complexity index is 712. The maximum atomic E-state index is 5.10. The lowest BCUT2D eigenvalue weighted by Crippen LogP contribution is -2.39. The first-order chi connectivity index (χ1) is 13.2. The van der Waals surface area contributed by atoms with Crippen molar-refractivity contribution in [3.8, 4) is 0 Å². The third kappa shape index (κ3) is 6.84. The molecule has 1 aromatic carbocycles. The third-order valence-electron chi connectivity index (χ3n) is 4.61. The Balaban J connectivity index is 1.65. The fraction of sp³-hybridized carbons (Fsp3) is 0.600. The summed E-state index contributed by atoms with van der Waals surface area (Å²) in [5, 5.41) is 6.77. The number of hydrogen-bond acceptors (Lipinski definition) is 4. The molecular formula is C20H34N6O. The summed E-state index contributed by atoms with van der Waals surface area (Å²) < 4.78 is 7.38. The molecule has 27 heavy (non-hydrogen) atoms. The van der Waals surface area contributed by atoms with Crippen LogP contribution in [0.1, 0.15) is 18.7 Å². The molecule has 0 aliphatic heterocycles. The van der Waals surface area contributed by atoms with Crippen LogP contribution in [0, 0.1) is 6.92 Å². The van der Waals surface area contributed by atoms with Gasteiger partial charge in [0.25, 0.3) is 0 Å². The zero-order valence-corrected chi connectivity index (χ0v) is 17.2. The van der Waals surface area contributed by atoms with Gasteiger partial charge < -0.3 is 24.8 Å². The normalized spacial score (nSPS) is 12.1. The molecule has 0 atom stereocenters. The van der Waals surface area contributed by atoms with Gasteiger partial charge in [0, 0.05) is 40.3 Å². The van der Waals surface area contributed by atoms with E-state index in [2.05, 4.69) is 62.2 Å². The van der Waals surface area contributed by atoms with Gasteiger partial charge in [0.1, 0.15) is 5.82 Å². The molecule has 0 bridgehead atoms. The van der Waals surface area contributed by atoms with Crippen molar-refractivity contribution in [2.45, 2.75) is 26.3 Å². The van der Waals surface area contributed by atoms with Gasteiger partial charge in [0.15, 0.2) is 5.96 Å². The molecule has 7 heteroatoms. The van der Waals surface area contributed by atoms with Gasteiger partial charge in [-0.25, -0.2) is 4.98 Å². The number of hydrogen-bond donors (Lipinski definition) is 2. The molecule has 2 rings (SSSR count). The summed E-state index contributed by atoms with van der Waals surface area (Å²) >= 11 is 0. The van der Waals surface area contributed by atoms with Crippen molar-refractivity contribution in [3.05, 3.63) is 30.1 Å². The number of likely N-dealkylation sites (N-methyl/N-ethyl adjacent to an activating group) is 1. The van der Waals surface area contributed by atoms with E-state index >= 15 is 0 Å². The molecule has 150 valence electrons. The van der Waals surface area contributed by atoms with Crippen LogP contribution in [-0.2, 0) is 11.3 Å². The Morgan fingerprint density at radius 1 is 1.19 bits per heavy atom. The standard InChI is InChI=1S/C20H34N6O/c1-17-24-18-9-5-6-10-19(18)26(17)14-8-12-23-20(21-2)22-11-7-13-25(3)15-16-27-4/h5-6,9-10H,7-8,11-16H2,1-4H3,(H2,21,22,23). The first-order valence-electron chi connectivity index (χ1n) is 9.69. The average Bonchev–Trinajstić information content (AvgIpc) is 3.00. The van der Waals surface area contributed by atoms with Crippen molar-refractivity contribution in [1.82, 2.24) is 25.1 Å². The SMILES string of the molecule is CN=C(NCCCN(C)CCOC)NCCCn1c(C)nc2ccccc21. The second-order valence-corrected chi connectivity index (χ2v) is 6.73. The van der Waals surface area contributed by atoms with Crippen LogP contribution in [0.4, 0.5) is 0 Å². The molecule has 0 saturated heterocycles. The molecule has 2 N–H and O–H groups in total. The van der Waals surface area contributed by atoms with Crippen LogP contribution in [0.5, 0.6) is 0 Å². The van der Waals surface area contributed by atoms with Crippen LogP contribution in [0.3, 0.4) is 0 Å². The highest BCUT2D eigenvalue weighted by molar-refractivity contribution is 5.79. The van der Waals surface area contributed by atoms with Gasteiger partial charge in [0.05, 0.1) is 17.6 Å². The number of guanidine groups is 1. The molecule has 0 aliphatic carbocycles. The number of imidazole rings is 1. The summed E-state index contributed by atoms with van der Waals surface area (Å²) in [5.74, 6) is 1.93. The van der Waals surface area contributed by atoms with E-state index in [9.17, 15) is 0 Å². The summed E-state index contributed by atoms with van der Waals surface area (Å²) in [7, 11) is 5.67. The quantitative estimate of drug-likeness (QED) is 0.357. The van der Waals surface area contributed by atoms with Crippen molar-refractivity contribution >= 4 is 17.0 Å². The van der Waals surface area contributed by atoms with Crippen LogP contribution in [-0.4, -0.2) is 74.4 Å². The highest BCUT2D eigenvalue weighted by atomic mass is 16.5. The Labute approximate surface area is 162 Å². The van der Waals surface area contributed by atoms with Crippen LogP contribution in [0.2, 0.25) is 0 Å². The second-order valence-electron chi connectivity index (χ2n) is 6.73. The number of nitrogens with zero attached hydrogens (tertiary/aromatic N) is 4. The minimum Gasteiger partial charge on any atom is -0.383 e. The maximum Gasteiger partial charge on any atom is 0.190 e. The van der Waals surface area contributed by atoms with E-state index in [0.29, 0.717) is 0 Å². The number of nitrogens with one attached hydrogen (secondary N) is 2. The van der Waals surface area contributed by atoms with E-state index in [1.807, 2.05) is 13.1 Å². The smallest absolute Gasteiger partial charge is 0.190 e. The number of benzene rings is 1. The molecule has 0 saturated carbocycles. The Morgan fingerprint density at radius 2 is 1.93 bits per heavy atom. The first kappa shape index (κ1) is 21.2. The second kappa shape index (κ2) is 11.6. The number of methoxy groups -OCH3 is 1.